The van der Waals surface area contributed by atoms with Crippen molar-refractivity contribution >= 4 is 54.0 Å². The Kier molecular flexibility index (Phi) is 14.6. The van der Waals surface area contributed by atoms with E-state index in [0.717, 1.165) is 107 Å². The lowest BCUT2D eigenvalue weighted by molar-refractivity contribution is -0.142. The van der Waals surface area contributed by atoms with Crippen LogP contribution in [-0.2, 0) is 63.0 Å². The Morgan fingerprint density at radius 1 is 0.642 bits per heavy atom. The van der Waals surface area contributed by atoms with Crippen molar-refractivity contribution in [2.45, 2.75) is 146 Å². The summed E-state index contributed by atoms with van der Waals surface area (Å²) in [4.78, 5) is 34.2. The topological polar surface area (TPSA) is 195 Å². The molecular formula is C49H71N7O9S2. The Morgan fingerprint density at radius 2 is 1.06 bits per heavy atom. The normalized spacial score (nSPS) is 22.4. The highest BCUT2D eigenvalue weighted by molar-refractivity contribution is 7.89. The Bertz CT molecular complexity index is 2650. The van der Waals surface area contributed by atoms with Gasteiger partial charge in [0.2, 0.25) is 26.0 Å². The molecule has 2 aromatic carbocycles. The summed E-state index contributed by atoms with van der Waals surface area (Å²) in [5, 5.41) is 12.4. The predicted octanol–water partition coefficient (Wildman–Crippen LogP) is 6.69. The molecule has 4 aromatic rings. The second kappa shape index (κ2) is 19.8. The monoisotopic (exact) mass is 965 g/mol. The minimum atomic E-state index is -3.78. The van der Waals surface area contributed by atoms with Gasteiger partial charge in [-0.15, -0.1) is 0 Å². The summed E-state index contributed by atoms with van der Waals surface area (Å²) in [5.74, 6) is 1.06. The van der Waals surface area contributed by atoms with E-state index in [-0.39, 0.29) is 51.6 Å². The molecule has 0 unspecified atom stereocenters. The summed E-state index contributed by atoms with van der Waals surface area (Å²) in [7, 11) is -7.49. The highest BCUT2D eigenvalue weighted by Gasteiger charge is 2.37. The molecule has 1 saturated carbocycles. The molecule has 2 N–H and O–H groups in total. The molecule has 5 fully saturated rings. The number of carbonyl (C=O) groups excluding carboxylic acids is 1. The number of imidazole rings is 2. The standard InChI is InChI=1S/C26H38N4O4S.C23H33N3O5S/c1-26(2,3)25-28-22-15-21(8-9-23(22)30(25)16-18-10-13-34-14-11-18)35(32,33)29-12-4-5-19(17-29)24(31)27-20-6-7-20;1-23(2,3)22-24-19-13-18(32(29,30)25-10-4-5-17(15-25)21(27)28)6-7-20(19)26(22)14-16-8-11-31-12-9-16/h8-9,15,18-20H,4-7,10-14,16-17H2,1-3H3,(H,27,31);6-7,13,16-17H,4-5,8-12,14-15H2,1-3H3,(H,27,28)/t19-;17-/m11/s1. The SMILES string of the molecule is CC(C)(C)c1nc2cc(S(=O)(=O)N3CCC[C@@H](C(=O)NC4CC4)C3)ccc2n1CC1CCOCC1.CC(C)(C)c1nc2cc(S(=O)(=O)N3CCC[C@@H](C(=O)O)C3)ccc2n1CC1CCOCC1. The van der Waals surface area contributed by atoms with Gasteiger partial charge in [-0.25, -0.2) is 26.8 Å². The number of nitrogens with one attached hydrogen (secondary N) is 1. The molecule has 67 heavy (non-hydrogen) atoms. The lowest BCUT2D eigenvalue weighted by Gasteiger charge is -2.31. The summed E-state index contributed by atoms with van der Waals surface area (Å²) in [6.45, 7) is 18.7. The van der Waals surface area contributed by atoms with Crippen molar-refractivity contribution in [1.82, 2.24) is 33.0 Å². The van der Waals surface area contributed by atoms with Crippen LogP contribution in [0.15, 0.2) is 46.2 Å². The first-order chi connectivity index (χ1) is 31.7. The number of nitrogens with zero attached hydrogens (tertiary/aromatic N) is 6. The summed E-state index contributed by atoms with van der Waals surface area (Å²) in [6, 6.07) is 10.7. The molecule has 9 rings (SSSR count). The maximum Gasteiger partial charge on any atom is 0.307 e. The van der Waals surface area contributed by atoms with Crippen molar-refractivity contribution in [3.63, 3.8) is 0 Å². The predicted molar refractivity (Wildman–Crippen MR) is 256 cm³/mol. The minimum Gasteiger partial charge on any atom is -0.481 e. The maximum absolute atomic E-state index is 13.6. The van der Waals surface area contributed by atoms with Crippen LogP contribution in [0.5, 0.6) is 0 Å². The van der Waals surface area contributed by atoms with Gasteiger partial charge in [0.25, 0.3) is 0 Å². The number of hydrogen-bond donors (Lipinski definition) is 2. The Balaban J connectivity index is 0.000000182. The molecule has 0 bridgehead atoms. The zero-order chi connectivity index (χ0) is 47.9. The van der Waals surface area contributed by atoms with Gasteiger partial charge in [0.15, 0.2) is 0 Å². The number of carboxylic acid groups (broad SMARTS) is 1. The summed E-state index contributed by atoms with van der Waals surface area (Å²) < 4.78 is 72.1. The number of carbonyl (C=O) groups is 2. The van der Waals surface area contributed by atoms with Gasteiger partial charge in [-0.1, -0.05) is 41.5 Å². The van der Waals surface area contributed by atoms with Crippen LogP contribution in [0.1, 0.15) is 117 Å². The summed E-state index contributed by atoms with van der Waals surface area (Å²) in [5.41, 5.74) is 2.92. The smallest absolute Gasteiger partial charge is 0.307 e. The molecule has 1 aliphatic carbocycles. The molecule has 0 radical (unpaired) electrons. The third kappa shape index (κ3) is 11.3. The first-order valence-corrected chi connectivity index (χ1v) is 27.3. The fraction of sp³-hybridized carbons (Fsp3) is 0.673. The van der Waals surface area contributed by atoms with Gasteiger partial charge < -0.3 is 29.0 Å². The highest BCUT2D eigenvalue weighted by Crippen LogP contribution is 2.34. The van der Waals surface area contributed by atoms with Gasteiger partial charge in [-0.3, -0.25) is 9.59 Å². The van der Waals surface area contributed by atoms with E-state index in [0.29, 0.717) is 55.2 Å². The molecule has 368 valence electrons. The molecule has 5 aliphatic rings. The van der Waals surface area contributed by atoms with E-state index in [4.69, 9.17) is 19.4 Å². The largest absolute Gasteiger partial charge is 0.481 e. The molecule has 4 aliphatic heterocycles. The number of hydrogen-bond acceptors (Lipinski definition) is 10. The number of piperidine rings is 2. The van der Waals surface area contributed by atoms with E-state index in [2.05, 4.69) is 56.0 Å². The molecule has 1 amide bonds. The zero-order valence-electron chi connectivity index (χ0n) is 40.2. The van der Waals surface area contributed by atoms with Crippen LogP contribution in [0.2, 0.25) is 0 Å². The Hall–Kier alpha value is -3.94. The first kappa shape index (κ1) is 49.5. The molecule has 4 saturated heterocycles. The van der Waals surface area contributed by atoms with Gasteiger partial charge in [-0.05, 0) is 112 Å². The quantitative estimate of drug-likeness (QED) is 0.163. The molecule has 16 nitrogen and oxygen atoms in total. The van der Waals surface area contributed by atoms with Crippen LogP contribution < -0.4 is 5.32 Å². The highest BCUT2D eigenvalue weighted by atomic mass is 32.2. The van der Waals surface area contributed by atoms with Crippen molar-refractivity contribution < 1.29 is 41.0 Å². The molecular weight excluding hydrogens is 895 g/mol. The number of sulfonamides is 2. The van der Waals surface area contributed by atoms with Gasteiger partial charge >= 0.3 is 5.97 Å². The lowest BCUT2D eigenvalue weighted by atomic mass is 9.94. The van der Waals surface area contributed by atoms with Crippen molar-refractivity contribution in [1.29, 1.82) is 0 Å². The number of ether oxygens (including phenoxy) is 2. The second-order valence-electron chi connectivity index (χ2n) is 21.5. The molecule has 0 spiro atoms. The van der Waals surface area contributed by atoms with E-state index in [9.17, 15) is 31.5 Å². The molecule has 18 heteroatoms. The number of carboxylic acids is 1. The average molecular weight is 966 g/mol. The number of amides is 1. The fourth-order valence-electron chi connectivity index (χ4n) is 10.0. The number of aliphatic carboxylic acids is 1. The Labute approximate surface area is 396 Å². The number of benzene rings is 2. The van der Waals surface area contributed by atoms with Crippen molar-refractivity contribution in [3.8, 4) is 0 Å². The lowest BCUT2D eigenvalue weighted by Crippen LogP contribution is -2.45. The van der Waals surface area contributed by atoms with Crippen LogP contribution in [-0.4, -0.2) is 120 Å². The minimum absolute atomic E-state index is 0.00970. The molecule has 2 atom stereocenters. The van der Waals surface area contributed by atoms with Gasteiger partial charge in [0.1, 0.15) is 11.6 Å². The maximum atomic E-state index is 13.6. The van der Waals surface area contributed by atoms with E-state index < -0.39 is 31.9 Å². The van der Waals surface area contributed by atoms with Crippen LogP contribution in [0, 0.1) is 23.7 Å². The third-order valence-electron chi connectivity index (χ3n) is 14.0. The van der Waals surface area contributed by atoms with E-state index in [1.54, 1.807) is 24.3 Å². The van der Waals surface area contributed by atoms with Gasteiger partial charge in [0.05, 0.1) is 43.7 Å². The van der Waals surface area contributed by atoms with Crippen molar-refractivity contribution in [2.75, 3.05) is 52.6 Å². The Morgan fingerprint density at radius 3 is 1.46 bits per heavy atom. The number of aromatic nitrogens is 4. The van der Waals surface area contributed by atoms with Gasteiger partial charge in [0, 0.05) is 82.6 Å². The zero-order valence-corrected chi connectivity index (χ0v) is 41.8. The van der Waals surface area contributed by atoms with Crippen LogP contribution in [0.25, 0.3) is 22.1 Å². The van der Waals surface area contributed by atoms with Crippen LogP contribution in [0.4, 0.5) is 0 Å². The summed E-state index contributed by atoms with van der Waals surface area (Å²) in [6.07, 6.45) is 8.60. The molecule has 6 heterocycles. The third-order valence-corrected chi connectivity index (χ3v) is 17.8. The van der Waals surface area contributed by atoms with E-state index in [1.165, 1.54) is 8.61 Å². The average Bonchev–Trinajstić information content (AvgIpc) is 3.93. The second-order valence-corrected chi connectivity index (χ2v) is 25.4. The van der Waals surface area contributed by atoms with Crippen molar-refractivity contribution in [2.24, 2.45) is 23.7 Å². The van der Waals surface area contributed by atoms with E-state index in [1.807, 2.05) is 12.1 Å². The fourth-order valence-corrected chi connectivity index (χ4v) is 13.1. The number of rotatable bonds is 11. The number of fused-ring (bicyclic) bond motifs is 2. The van der Waals surface area contributed by atoms with Gasteiger partial charge in [-0.2, -0.15) is 8.61 Å². The van der Waals surface area contributed by atoms with Crippen LogP contribution in [0.3, 0.4) is 0 Å². The first-order valence-electron chi connectivity index (χ1n) is 24.4. The van der Waals surface area contributed by atoms with Crippen LogP contribution >= 0.6 is 0 Å². The van der Waals surface area contributed by atoms with Crippen molar-refractivity contribution in [3.05, 3.63) is 48.0 Å². The van der Waals surface area contributed by atoms with E-state index >= 15 is 0 Å². The summed E-state index contributed by atoms with van der Waals surface area (Å²) >= 11 is 0. The molecule has 2 aromatic heterocycles.